The van der Waals surface area contributed by atoms with E-state index in [0.29, 0.717) is 47.4 Å². The van der Waals surface area contributed by atoms with Crippen LogP contribution in [0.2, 0.25) is 10.0 Å². The molecule has 0 bridgehead atoms. The molecular weight excluding hydrogens is 415 g/mol. The maximum absolute atomic E-state index is 12.2. The first-order valence-corrected chi connectivity index (χ1v) is 9.96. The monoisotopic (exact) mass is 434 g/mol. The molecule has 2 aromatic carbocycles. The summed E-state index contributed by atoms with van der Waals surface area (Å²) in [7, 11) is 0. The number of imide groups is 1. The molecule has 0 aromatic heterocycles. The number of carbonyl (C=O) groups excluding carboxylic acids is 3. The standard InChI is InChI=1S/C21H20Cl2N2O4/c22-16-6-7-18(17(23)12-16)29-9-1-8-24-20(27)14-4-2-13(3-5-14)10-15-11-19(26)25-21(15)28/h2-7,12,15H,1,8-11H2,(H,24,27)(H,25,26,28). The second-order valence-corrected chi connectivity index (χ2v) is 7.59. The van der Waals surface area contributed by atoms with E-state index in [0.717, 1.165) is 5.56 Å². The zero-order valence-electron chi connectivity index (χ0n) is 15.5. The van der Waals surface area contributed by atoms with Crippen LogP contribution in [0.3, 0.4) is 0 Å². The highest BCUT2D eigenvalue weighted by Crippen LogP contribution is 2.27. The lowest BCUT2D eigenvalue weighted by Crippen LogP contribution is -2.25. The van der Waals surface area contributed by atoms with Crippen molar-refractivity contribution in [2.24, 2.45) is 5.92 Å². The Bertz CT molecular complexity index is 915. The van der Waals surface area contributed by atoms with E-state index in [2.05, 4.69) is 10.6 Å². The second-order valence-electron chi connectivity index (χ2n) is 6.75. The van der Waals surface area contributed by atoms with Crippen LogP contribution in [0.5, 0.6) is 5.75 Å². The van der Waals surface area contributed by atoms with Gasteiger partial charge >= 0.3 is 0 Å². The quantitative estimate of drug-likeness (QED) is 0.492. The van der Waals surface area contributed by atoms with Gasteiger partial charge in [0.2, 0.25) is 11.8 Å². The molecular formula is C21H20Cl2N2O4. The van der Waals surface area contributed by atoms with Gasteiger partial charge in [-0.25, -0.2) is 0 Å². The minimum absolute atomic E-state index is 0.185. The molecule has 29 heavy (non-hydrogen) atoms. The lowest BCUT2D eigenvalue weighted by molar-refractivity contribution is -0.125. The Hall–Kier alpha value is -2.57. The first-order valence-electron chi connectivity index (χ1n) is 9.21. The molecule has 0 aliphatic carbocycles. The van der Waals surface area contributed by atoms with Gasteiger partial charge in [0.25, 0.3) is 5.91 Å². The smallest absolute Gasteiger partial charge is 0.251 e. The summed E-state index contributed by atoms with van der Waals surface area (Å²) in [6, 6.07) is 12.0. The van der Waals surface area contributed by atoms with E-state index < -0.39 is 0 Å². The van der Waals surface area contributed by atoms with Gasteiger partial charge in [-0.05, 0) is 48.7 Å². The van der Waals surface area contributed by atoms with Crippen LogP contribution in [0.1, 0.15) is 28.8 Å². The van der Waals surface area contributed by atoms with Crippen LogP contribution >= 0.6 is 23.2 Å². The van der Waals surface area contributed by atoms with E-state index in [1.165, 1.54) is 0 Å². The molecule has 3 amide bonds. The SMILES string of the molecule is O=C1CC(Cc2ccc(C(=O)NCCCOc3ccc(Cl)cc3Cl)cc2)C(=O)N1. The first-order chi connectivity index (χ1) is 13.9. The van der Waals surface area contributed by atoms with Gasteiger partial charge in [-0.15, -0.1) is 0 Å². The van der Waals surface area contributed by atoms with Gasteiger partial charge in [-0.1, -0.05) is 35.3 Å². The Morgan fingerprint density at radius 1 is 1.14 bits per heavy atom. The number of nitrogens with one attached hydrogen (secondary N) is 2. The van der Waals surface area contributed by atoms with E-state index >= 15 is 0 Å². The summed E-state index contributed by atoms with van der Waals surface area (Å²) in [5, 5.41) is 6.12. The summed E-state index contributed by atoms with van der Waals surface area (Å²) in [6.07, 6.45) is 1.31. The molecule has 1 aliphatic rings. The van der Waals surface area contributed by atoms with Crippen LogP contribution in [-0.4, -0.2) is 30.9 Å². The molecule has 152 valence electrons. The fourth-order valence-corrected chi connectivity index (χ4v) is 3.46. The van der Waals surface area contributed by atoms with Crippen molar-refractivity contribution in [3.63, 3.8) is 0 Å². The highest BCUT2D eigenvalue weighted by Gasteiger charge is 2.30. The predicted octanol–water partition coefficient (Wildman–Crippen LogP) is 3.40. The van der Waals surface area contributed by atoms with Crippen molar-refractivity contribution in [2.75, 3.05) is 13.2 Å². The van der Waals surface area contributed by atoms with Crippen LogP contribution in [0.15, 0.2) is 42.5 Å². The van der Waals surface area contributed by atoms with Crippen LogP contribution in [0.25, 0.3) is 0 Å². The Morgan fingerprint density at radius 3 is 2.55 bits per heavy atom. The first kappa shape index (κ1) is 21.1. The van der Waals surface area contributed by atoms with E-state index in [1.54, 1.807) is 42.5 Å². The number of carbonyl (C=O) groups is 3. The lowest BCUT2D eigenvalue weighted by Gasteiger charge is -2.10. The van der Waals surface area contributed by atoms with Gasteiger partial charge in [0.05, 0.1) is 17.5 Å². The van der Waals surface area contributed by atoms with Crippen molar-refractivity contribution in [1.29, 1.82) is 0 Å². The minimum Gasteiger partial charge on any atom is -0.492 e. The third kappa shape index (κ3) is 5.95. The molecule has 1 atom stereocenters. The molecule has 1 saturated heterocycles. The number of hydrogen-bond donors (Lipinski definition) is 2. The summed E-state index contributed by atoms with van der Waals surface area (Å²) < 4.78 is 5.58. The maximum Gasteiger partial charge on any atom is 0.251 e. The van der Waals surface area contributed by atoms with Crippen molar-refractivity contribution in [1.82, 2.24) is 10.6 Å². The van der Waals surface area contributed by atoms with Gasteiger partial charge < -0.3 is 10.1 Å². The van der Waals surface area contributed by atoms with Crippen molar-refractivity contribution in [2.45, 2.75) is 19.3 Å². The minimum atomic E-state index is -0.337. The van der Waals surface area contributed by atoms with Gasteiger partial charge in [0.1, 0.15) is 5.75 Å². The second kappa shape index (κ2) is 9.76. The normalized spacial score (nSPS) is 15.9. The Kier molecular flexibility index (Phi) is 7.12. The van der Waals surface area contributed by atoms with Crippen molar-refractivity contribution >= 4 is 40.9 Å². The molecule has 3 rings (SSSR count). The fraction of sp³-hybridized carbons (Fsp3) is 0.286. The molecule has 1 aliphatic heterocycles. The average Bonchev–Trinajstić information content (AvgIpc) is 3.00. The van der Waals surface area contributed by atoms with E-state index in [9.17, 15) is 14.4 Å². The van der Waals surface area contributed by atoms with Crippen LogP contribution in [-0.2, 0) is 16.0 Å². The van der Waals surface area contributed by atoms with E-state index in [4.69, 9.17) is 27.9 Å². The van der Waals surface area contributed by atoms with Gasteiger partial charge in [-0.3, -0.25) is 19.7 Å². The van der Waals surface area contributed by atoms with Crippen LogP contribution in [0, 0.1) is 5.92 Å². The number of hydrogen-bond acceptors (Lipinski definition) is 4. The van der Waals surface area contributed by atoms with Crippen LogP contribution < -0.4 is 15.4 Å². The van der Waals surface area contributed by atoms with Gasteiger partial charge in [0, 0.05) is 23.6 Å². The molecule has 2 N–H and O–H groups in total. The van der Waals surface area contributed by atoms with Crippen LogP contribution in [0.4, 0.5) is 0 Å². The number of amides is 3. The summed E-state index contributed by atoms with van der Waals surface area (Å²) in [5.74, 6) is -0.445. The third-order valence-corrected chi connectivity index (χ3v) is 5.05. The van der Waals surface area contributed by atoms with E-state index in [1.807, 2.05) is 0 Å². The maximum atomic E-state index is 12.2. The Morgan fingerprint density at radius 2 is 1.90 bits per heavy atom. The molecule has 0 radical (unpaired) electrons. The average molecular weight is 435 g/mol. The number of halogens is 2. The topological polar surface area (TPSA) is 84.5 Å². The zero-order valence-corrected chi connectivity index (χ0v) is 17.1. The molecule has 0 spiro atoms. The zero-order chi connectivity index (χ0) is 20.8. The Balaban J connectivity index is 1.40. The molecule has 8 heteroatoms. The number of ether oxygens (including phenoxy) is 1. The third-order valence-electron chi connectivity index (χ3n) is 4.52. The predicted molar refractivity (Wildman–Crippen MR) is 110 cm³/mol. The van der Waals surface area contributed by atoms with Crippen molar-refractivity contribution in [3.8, 4) is 5.75 Å². The molecule has 1 heterocycles. The Labute approximate surface area is 178 Å². The summed E-state index contributed by atoms with van der Waals surface area (Å²) in [4.78, 5) is 35.1. The molecule has 1 fully saturated rings. The largest absolute Gasteiger partial charge is 0.492 e. The van der Waals surface area contributed by atoms with Crippen molar-refractivity contribution in [3.05, 3.63) is 63.6 Å². The number of rotatable bonds is 8. The summed E-state index contributed by atoms with van der Waals surface area (Å²) in [5.41, 5.74) is 1.44. The molecule has 6 nitrogen and oxygen atoms in total. The fourth-order valence-electron chi connectivity index (χ4n) is 3.00. The van der Waals surface area contributed by atoms with Gasteiger partial charge in [-0.2, -0.15) is 0 Å². The molecule has 0 saturated carbocycles. The van der Waals surface area contributed by atoms with E-state index in [-0.39, 0.29) is 30.1 Å². The molecule has 1 unspecified atom stereocenters. The summed E-state index contributed by atoms with van der Waals surface area (Å²) in [6.45, 7) is 0.860. The summed E-state index contributed by atoms with van der Waals surface area (Å²) >= 11 is 11.9. The number of benzene rings is 2. The highest BCUT2D eigenvalue weighted by molar-refractivity contribution is 6.35. The lowest BCUT2D eigenvalue weighted by atomic mass is 9.97. The molecule has 2 aromatic rings. The highest BCUT2D eigenvalue weighted by atomic mass is 35.5. The van der Waals surface area contributed by atoms with Gasteiger partial charge in [0.15, 0.2) is 0 Å². The van der Waals surface area contributed by atoms with Crippen molar-refractivity contribution < 1.29 is 19.1 Å².